The van der Waals surface area contributed by atoms with E-state index in [9.17, 15) is 14.7 Å². The Morgan fingerprint density at radius 3 is 2.93 bits per heavy atom. The predicted molar refractivity (Wildman–Crippen MR) is 99.5 cm³/mol. The van der Waals surface area contributed by atoms with E-state index in [0.717, 1.165) is 10.7 Å². The van der Waals surface area contributed by atoms with Crippen LogP contribution in [0.3, 0.4) is 0 Å². The van der Waals surface area contributed by atoms with Crippen molar-refractivity contribution < 1.29 is 19.4 Å². The molecule has 1 aliphatic rings. The summed E-state index contributed by atoms with van der Waals surface area (Å²) in [7, 11) is 1.47. The molecule has 0 aromatic carbocycles. The molecule has 3 atom stereocenters. The highest BCUT2D eigenvalue weighted by atomic mass is 32.1. The summed E-state index contributed by atoms with van der Waals surface area (Å²) in [6.07, 6.45) is 1.41. The van der Waals surface area contributed by atoms with Crippen LogP contribution in [0.2, 0.25) is 0 Å². The fourth-order valence-electron chi connectivity index (χ4n) is 3.11. The summed E-state index contributed by atoms with van der Waals surface area (Å²) in [5.74, 6) is -0.484. The molecule has 8 nitrogen and oxygen atoms in total. The molecule has 1 saturated carbocycles. The van der Waals surface area contributed by atoms with Crippen molar-refractivity contribution in [1.29, 1.82) is 0 Å². The van der Waals surface area contributed by atoms with Crippen molar-refractivity contribution in [2.45, 2.75) is 38.5 Å². The molecule has 3 N–H and O–H groups in total. The summed E-state index contributed by atoms with van der Waals surface area (Å²) >= 11 is 1.53. The number of carbonyl (C=O) groups is 2. The fourth-order valence-corrected chi connectivity index (χ4v) is 3.72. The molecule has 9 heteroatoms. The van der Waals surface area contributed by atoms with Crippen molar-refractivity contribution in [2.75, 3.05) is 7.11 Å². The molecule has 2 amide bonds. The molecular weight excluding hydrogens is 368 g/mol. The van der Waals surface area contributed by atoms with E-state index in [4.69, 9.17) is 4.74 Å². The van der Waals surface area contributed by atoms with Crippen LogP contribution in [0, 0.1) is 12.8 Å². The Hall–Kier alpha value is -2.52. The van der Waals surface area contributed by atoms with E-state index in [-0.39, 0.29) is 17.7 Å². The number of hydrogen-bond acceptors (Lipinski definition) is 7. The first-order valence-electron chi connectivity index (χ1n) is 8.64. The molecule has 27 heavy (non-hydrogen) atoms. The van der Waals surface area contributed by atoms with Crippen LogP contribution in [0.5, 0.6) is 5.88 Å². The number of rotatable bonds is 6. The molecule has 144 valence electrons. The van der Waals surface area contributed by atoms with E-state index in [0.29, 0.717) is 30.8 Å². The first kappa shape index (κ1) is 19.2. The average Bonchev–Trinajstić information content (AvgIpc) is 3.25. The van der Waals surface area contributed by atoms with Gasteiger partial charge in [0.05, 0.1) is 36.5 Å². The van der Waals surface area contributed by atoms with Gasteiger partial charge in [0.25, 0.3) is 5.91 Å². The first-order chi connectivity index (χ1) is 13.0. The van der Waals surface area contributed by atoms with Gasteiger partial charge in [-0.3, -0.25) is 9.59 Å². The van der Waals surface area contributed by atoms with Crippen LogP contribution in [0.15, 0.2) is 23.7 Å². The van der Waals surface area contributed by atoms with Gasteiger partial charge in [0, 0.05) is 29.1 Å². The minimum absolute atomic E-state index is 0.137. The van der Waals surface area contributed by atoms with Crippen LogP contribution >= 0.6 is 11.3 Å². The van der Waals surface area contributed by atoms with E-state index in [1.54, 1.807) is 6.07 Å². The number of amides is 2. The Morgan fingerprint density at radius 2 is 2.22 bits per heavy atom. The maximum Gasteiger partial charge on any atom is 0.251 e. The van der Waals surface area contributed by atoms with E-state index in [1.165, 1.54) is 30.7 Å². The number of carbonyl (C=O) groups excluding carboxylic acids is 2. The van der Waals surface area contributed by atoms with Gasteiger partial charge < -0.3 is 20.5 Å². The monoisotopic (exact) mass is 390 g/mol. The second kappa shape index (κ2) is 8.45. The summed E-state index contributed by atoms with van der Waals surface area (Å²) in [5.41, 5.74) is 1.21. The third-order valence-electron chi connectivity index (χ3n) is 4.53. The van der Waals surface area contributed by atoms with Crippen LogP contribution in [0.1, 0.15) is 33.9 Å². The van der Waals surface area contributed by atoms with E-state index in [2.05, 4.69) is 20.6 Å². The number of ether oxygens (including phenoxy) is 1. The van der Waals surface area contributed by atoms with Crippen LogP contribution in [-0.4, -0.2) is 46.1 Å². The molecule has 0 unspecified atom stereocenters. The molecule has 0 spiro atoms. The zero-order valence-corrected chi connectivity index (χ0v) is 16.0. The molecule has 0 saturated heterocycles. The van der Waals surface area contributed by atoms with Crippen molar-refractivity contribution >= 4 is 23.2 Å². The number of aliphatic hydroxyl groups excluding tert-OH is 1. The highest BCUT2D eigenvalue weighted by Crippen LogP contribution is 2.27. The minimum atomic E-state index is -0.769. The summed E-state index contributed by atoms with van der Waals surface area (Å²) in [4.78, 5) is 33.0. The number of hydrogen-bond donors (Lipinski definition) is 3. The molecule has 2 aromatic heterocycles. The minimum Gasteiger partial charge on any atom is -0.481 e. The van der Waals surface area contributed by atoms with E-state index < -0.39 is 12.1 Å². The Balaban J connectivity index is 1.54. The van der Waals surface area contributed by atoms with Gasteiger partial charge in [0.2, 0.25) is 11.8 Å². The number of pyridine rings is 1. The maximum absolute atomic E-state index is 12.4. The van der Waals surface area contributed by atoms with Gasteiger partial charge in [-0.15, -0.1) is 11.3 Å². The Bertz CT molecular complexity index is 825. The van der Waals surface area contributed by atoms with Crippen LogP contribution in [-0.2, 0) is 11.3 Å². The van der Waals surface area contributed by atoms with Gasteiger partial charge in [0.1, 0.15) is 0 Å². The standard InChI is InChI=1S/C18H22N4O4S/c1-10-21-13(9-27-10)8-20-17(24)12-5-14(15(23)6-12)22-18(25)11-3-4-19-16(7-11)26-2/h3-4,7,9,12,14-15,23H,5-6,8H2,1-2H3,(H,20,24)(H,22,25)/t12-,14+,15+/m0/s1. The van der Waals surface area contributed by atoms with Crippen LogP contribution in [0.4, 0.5) is 0 Å². The first-order valence-corrected chi connectivity index (χ1v) is 9.52. The number of aliphatic hydroxyl groups is 1. The van der Waals surface area contributed by atoms with Gasteiger partial charge in [0.15, 0.2) is 0 Å². The lowest BCUT2D eigenvalue weighted by molar-refractivity contribution is -0.125. The molecule has 1 fully saturated rings. The molecule has 1 aliphatic carbocycles. The summed E-state index contributed by atoms with van der Waals surface area (Å²) in [6, 6.07) is 2.62. The second-order valence-electron chi connectivity index (χ2n) is 6.48. The molecule has 2 aromatic rings. The fraction of sp³-hybridized carbons (Fsp3) is 0.444. The van der Waals surface area contributed by atoms with Crippen molar-refractivity contribution in [2.24, 2.45) is 5.92 Å². The molecule has 0 bridgehead atoms. The lowest BCUT2D eigenvalue weighted by Gasteiger charge is -2.16. The highest BCUT2D eigenvalue weighted by molar-refractivity contribution is 7.09. The maximum atomic E-state index is 12.4. The third kappa shape index (κ3) is 4.81. The highest BCUT2D eigenvalue weighted by Gasteiger charge is 2.37. The van der Waals surface area contributed by atoms with Gasteiger partial charge in [-0.05, 0) is 25.8 Å². The Labute approximate surface area is 161 Å². The van der Waals surface area contributed by atoms with Crippen molar-refractivity contribution in [3.63, 3.8) is 0 Å². The molecular formula is C18H22N4O4S. The zero-order chi connectivity index (χ0) is 19.4. The number of thiazole rings is 1. The van der Waals surface area contributed by atoms with Crippen LogP contribution in [0.25, 0.3) is 0 Å². The average molecular weight is 390 g/mol. The zero-order valence-electron chi connectivity index (χ0n) is 15.1. The molecule has 3 rings (SSSR count). The smallest absolute Gasteiger partial charge is 0.251 e. The van der Waals surface area contributed by atoms with Gasteiger partial charge in [-0.2, -0.15) is 0 Å². The number of nitrogens with zero attached hydrogens (tertiary/aromatic N) is 2. The lowest BCUT2D eigenvalue weighted by Crippen LogP contribution is -2.40. The number of methoxy groups -OCH3 is 1. The molecule has 2 heterocycles. The Morgan fingerprint density at radius 1 is 1.41 bits per heavy atom. The summed E-state index contributed by atoms with van der Waals surface area (Å²) in [6.45, 7) is 2.28. The Kier molecular flexibility index (Phi) is 6.02. The van der Waals surface area contributed by atoms with E-state index in [1.807, 2.05) is 12.3 Å². The number of aromatic nitrogens is 2. The van der Waals surface area contributed by atoms with Gasteiger partial charge in [-0.1, -0.05) is 0 Å². The second-order valence-corrected chi connectivity index (χ2v) is 7.54. The van der Waals surface area contributed by atoms with Crippen molar-refractivity contribution in [1.82, 2.24) is 20.6 Å². The normalized spacial score (nSPS) is 21.7. The SMILES string of the molecule is COc1cc(C(=O)N[C@@H]2C[C@H](C(=O)NCc3csc(C)n3)C[C@H]2O)ccn1. The predicted octanol–water partition coefficient (Wildman–Crippen LogP) is 1.04. The quantitative estimate of drug-likeness (QED) is 0.679. The lowest BCUT2D eigenvalue weighted by atomic mass is 10.1. The summed E-state index contributed by atoms with van der Waals surface area (Å²) in [5, 5.41) is 18.8. The van der Waals surface area contributed by atoms with Gasteiger partial charge in [-0.25, -0.2) is 9.97 Å². The largest absolute Gasteiger partial charge is 0.481 e. The van der Waals surface area contributed by atoms with Gasteiger partial charge >= 0.3 is 0 Å². The topological polar surface area (TPSA) is 113 Å². The molecule has 0 aliphatic heterocycles. The molecule has 0 radical (unpaired) electrons. The van der Waals surface area contributed by atoms with E-state index >= 15 is 0 Å². The van der Waals surface area contributed by atoms with Crippen molar-refractivity contribution in [3.05, 3.63) is 40.0 Å². The van der Waals surface area contributed by atoms with Crippen LogP contribution < -0.4 is 15.4 Å². The third-order valence-corrected chi connectivity index (χ3v) is 5.36. The summed E-state index contributed by atoms with van der Waals surface area (Å²) < 4.78 is 5.01. The van der Waals surface area contributed by atoms with Crippen molar-refractivity contribution in [3.8, 4) is 5.88 Å². The number of nitrogens with one attached hydrogen (secondary N) is 2. The number of aryl methyl sites for hydroxylation is 1.